The maximum atomic E-state index is 11.4. The quantitative estimate of drug-likeness (QED) is 0.629. The average molecular weight is 417 g/mol. The molecular weight excluding hydrogens is 384 g/mol. The van der Waals surface area contributed by atoms with E-state index in [1.54, 1.807) is 14.2 Å². The van der Waals surface area contributed by atoms with Crippen LogP contribution in [0.4, 0.5) is 0 Å². The summed E-state index contributed by atoms with van der Waals surface area (Å²) in [5.74, 6) is 0.377. The molecule has 0 radical (unpaired) electrons. The zero-order chi connectivity index (χ0) is 21.9. The molecule has 6 nitrogen and oxygen atoms in total. The van der Waals surface area contributed by atoms with Crippen molar-refractivity contribution in [1.82, 2.24) is 0 Å². The standard InChI is InChI=1S/C24H32O6/c1-16-9-10-24(29-11-12-30-24)23(3,4)21(16)8-7-20-18(15-28-17(2)25)13-19(26-5)14-22(20)27-6/h7-8,13-14H,9-12,15H2,1-6H3/b8-7-. The number of ether oxygens (including phenoxy) is 5. The average Bonchev–Trinajstić information content (AvgIpc) is 3.20. The Morgan fingerprint density at radius 3 is 2.43 bits per heavy atom. The molecule has 2 aliphatic rings. The van der Waals surface area contributed by atoms with E-state index >= 15 is 0 Å². The van der Waals surface area contributed by atoms with Gasteiger partial charge in [0.15, 0.2) is 5.79 Å². The number of esters is 1. The zero-order valence-corrected chi connectivity index (χ0v) is 18.8. The van der Waals surface area contributed by atoms with E-state index in [2.05, 4.69) is 26.8 Å². The van der Waals surface area contributed by atoms with Crippen molar-refractivity contribution in [2.45, 2.75) is 52.9 Å². The molecule has 1 spiro atoms. The van der Waals surface area contributed by atoms with Gasteiger partial charge < -0.3 is 23.7 Å². The SMILES string of the molecule is COc1cc(COC(C)=O)c(/C=C\C2=C(C)CCC3(OCCO3)C2(C)C)c(OC)c1. The number of hydrogen-bond acceptors (Lipinski definition) is 6. The lowest BCUT2D eigenvalue weighted by Crippen LogP contribution is -2.49. The van der Waals surface area contributed by atoms with Crippen LogP contribution >= 0.6 is 0 Å². The van der Waals surface area contributed by atoms with Gasteiger partial charge in [0.1, 0.15) is 18.1 Å². The minimum atomic E-state index is -0.587. The molecule has 3 rings (SSSR count). The summed E-state index contributed by atoms with van der Waals surface area (Å²) < 4.78 is 28.5. The van der Waals surface area contributed by atoms with Crippen LogP contribution in [0.2, 0.25) is 0 Å². The van der Waals surface area contributed by atoms with Crippen molar-refractivity contribution < 1.29 is 28.5 Å². The first kappa shape index (κ1) is 22.4. The fourth-order valence-corrected chi connectivity index (χ4v) is 4.45. The molecule has 1 aliphatic carbocycles. The van der Waals surface area contributed by atoms with Gasteiger partial charge in [-0.1, -0.05) is 31.6 Å². The molecule has 0 unspecified atom stereocenters. The molecule has 0 amide bonds. The van der Waals surface area contributed by atoms with Crippen molar-refractivity contribution in [3.8, 4) is 11.5 Å². The van der Waals surface area contributed by atoms with Gasteiger partial charge in [-0.25, -0.2) is 0 Å². The maximum Gasteiger partial charge on any atom is 0.302 e. The van der Waals surface area contributed by atoms with Gasteiger partial charge in [-0.15, -0.1) is 0 Å². The van der Waals surface area contributed by atoms with Gasteiger partial charge in [-0.2, -0.15) is 0 Å². The van der Waals surface area contributed by atoms with Crippen LogP contribution in [-0.4, -0.2) is 39.2 Å². The first-order valence-electron chi connectivity index (χ1n) is 10.3. The zero-order valence-electron chi connectivity index (χ0n) is 18.8. The Kier molecular flexibility index (Phi) is 6.58. The van der Waals surface area contributed by atoms with Crippen LogP contribution in [0.5, 0.6) is 11.5 Å². The molecule has 164 valence electrons. The molecular formula is C24H32O6. The number of allylic oxidation sites excluding steroid dienone is 2. The normalized spacial score (nSPS) is 20.1. The van der Waals surface area contributed by atoms with E-state index in [-0.39, 0.29) is 18.0 Å². The van der Waals surface area contributed by atoms with Gasteiger partial charge in [0.2, 0.25) is 0 Å². The van der Waals surface area contributed by atoms with Crippen LogP contribution in [0.3, 0.4) is 0 Å². The predicted octanol–water partition coefficient (Wildman–Crippen LogP) is 4.66. The van der Waals surface area contributed by atoms with Gasteiger partial charge in [0.25, 0.3) is 0 Å². The number of methoxy groups -OCH3 is 2. The summed E-state index contributed by atoms with van der Waals surface area (Å²) in [6, 6.07) is 3.69. The molecule has 1 fully saturated rings. The number of hydrogen-bond donors (Lipinski definition) is 0. The highest BCUT2D eigenvalue weighted by molar-refractivity contribution is 5.68. The molecule has 1 saturated heterocycles. The molecule has 0 atom stereocenters. The van der Waals surface area contributed by atoms with E-state index in [0.29, 0.717) is 24.7 Å². The fourth-order valence-electron chi connectivity index (χ4n) is 4.45. The maximum absolute atomic E-state index is 11.4. The highest BCUT2D eigenvalue weighted by Gasteiger charge is 2.53. The van der Waals surface area contributed by atoms with Crippen LogP contribution < -0.4 is 9.47 Å². The van der Waals surface area contributed by atoms with E-state index in [0.717, 1.165) is 24.0 Å². The van der Waals surface area contributed by atoms with Crippen molar-refractivity contribution in [3.63, 3.8) is 0 Å². The summed E-state index contributed by atoms with van der Waals surface area (Å²) in [6.07, 6.45) is 5.91. The third-order valence-electron chi connectivity index (χ3n) is 6.17. The summed E-state index contributed by atoms with van der Waals surface area (Å²) in [5.41, 5.74) is 3.86. The van der Waals surface area contributed by atoms with E-state index in [9.17, 15) is 4.79 Å². The number of rotatable bonds is 6. The number of carbonyl (C=O) groups is 1. The van der Waals surface area contributed by atoms with Crippen LogP contribution in [-0.2, 0) is 25.6 Å². The van der Waals surface area contributed by atoms with Crippen molar-refractivity contribution in [2.75, 3.05) is 27.4 Å². The molecule has 1 heterocycles. The third-order valence-corrected chi connectivity index (χ3v) is 6.17. The van der Waals surface area contributed by atoms with Gasteiger partial charge in [0, 0.05) is 36.0 Å². The Hall–Kier alpha value is -2.31. The van der Waals surface area contributed by atoms with E-state index in [4.69, 9.17) is 23.7 Å². The Morgan fingerprint density at radius 1 is 1.13 bits per heavy atom. The largest absolute Gasteiger partial charge is 0.497 e. The number of carbonyl (C=O) groups excluding carboxylic acids is 1. The molecule has 30 heavy (non-hydrogen) atoms. The Labute approximate surface area is 178 Å². The van der Waals surface area contributed by atoms with Gasteiger partial charge >= 0.3 is 5.97 Å². The number of benzene rings is 1. The second kappa shape index (κ2) is 8.82. The minimum absolute atomic E-state index is 0.139. The Balaban J connectivity index is 2.02. The lowest BCUT2D eigenvalue weighted by molar-refractivity contribution is -0.223. The monoisotopic (exact) mass is 416 g/mol. The summed E-state index contributed by atoms with van der Waals surface area (Å²) in [7, 11) is 3.21. The lowest BCUT2D eigenvalue weighted by atomic mass is 9.68. The van der Waals surface area contributed by atoms with Gasteiger partial charge in [0.05, 0.1) is 27.4 Å². The van der Waals surface area contributed by atoms with Crippen molar-refractivity contribution in [2.24, 2.45) is 5.41 Å². The second-order valence-corrected chi connectivity index (χ2v) is 8.28. The van der Waals surface area contributed by atoms with E-state index in [1.807, 2.05) is 18.2 Å². The smallest absolute Gasteiger partial charge is 0.302 e. The third kappa shape index (κ3) is 4.12. The van der Waals surface area contributed by atoms with E-state index < -0.39 is 5.79 Å². The van der Waals surface area contributed by atoms with Crippen molar-refractivity contribution in [3.05, 3.63) is 40.5 Å². The molecule has 1 aliphatic heterocycles. The van der Waals surface area contributed by atoms with Gasteiger partial charge in [-0.05, 0) is 25.0 Å². The first-order valence-corrected chi connectivity index (χ1v) is 10.3. The summed E-state index contributed by atoms with van der Waals surface area (Å²) >= 11 is 0. The summed E-state index contributed by atoms with van der Waals surface area (Å²) in [6.45, 7) is 9.29. The summed E-state index contributed by atoms with van der Waals surface area (Å²) in [5, 5.41) is 0. The second-order valence-electron chi connectivity index (χ2n) is 8.28. The van der Waals surface area contributed by atoms with Crippen LogP contribution in [0, 0.1) is 5.41 Å². The van der Waals surface area contributed by atoms with Crippen molar-refractivity contribution >= 4 is 12.0 Å². The van der Waals surface area contributed by atoms with Crippen LogP contribution in [0.15, 0.2) is 29.4 Å². The molecule has 0 aromatic heterocycles. The summed E-state index contributed by atoms with van der Waals surface area (Å²) in [4.78, 5) is 11.4. The molecule has 1 aromatic carbocycles. The predicted molar refractivity (Wildman–Crippen MR) is 114 cm³/mol. The highest BCUT2D eigenvalue weighted by Crippen LogP contribution is 2.52. The molecule has 1 aromatic rings. The lowest BCUT2D eigenvalue weighted by Gasteiger charge is -2.47. The van der Waals surface area contributed by atoms with E-state index in [1.165, 1.54) is 18.1 Å². The Morgan fingerprint density at radius 2 is 1.83 bits per heavy atom. The highest BCUT2D eigenvalue weighted by atomic mass is 16.7. The van der Waals surface area contributed by atoms with Gasteiger partial charge in [-0.3, -0.25) is 4.79 Å². The van der Waals surface area contributed by atoms with Crippen LogP contribution in [0.1, 0.15) is 51.7 Å². The topological polar surface area (TPSA) is 63.2 Å². The van der Waals surface area contributed by atoms with Crippen molar-refractivity contribution in [1.29, 1.82) is 0 Å². The first-order chi connectivity index (χ1) is 14.2. The molecule has 6 heteroatoms. The fraction of sp³-hybridized carbons (Fsp3) is 0.542. The molecule has 0 saturated carbocycles. The Bertz CT molecular complexity index is 859. The van der Waals surface area contributed by atoms with Crippen LogP contribution in [0.25, 0.3) is 6.08 Å². The molecule has 0 N–H and O–H groups in total. The minimum Gasteiger partial charge on any atom is -0.497 e. The molecule has 0 bridgehead atoms.